The van der Waals surface area contributed by atoms with Gasteiger partial charge < -0.3 is 20.0 Å². The molecule has 2 saturated heterocycles. The van der Waals surface area contributed by atoms with Crippen molar-refractivity contribution in [2.24, 2.45) is 10.4 Å². The summed E-state index contributed by atoms with van der Waals surface area (Å²) in [6, 6.07) is 0. The van der Waals surface area contributed by atoms with E-state index in [2.05, 4.69) is 47.7 Å². The van der Waals surface area contributed by atoms with E-state index in [9.17, 15) is 0 Å². The van der Waals surface area contributed by atoms with Crippen LogP contribution in [0, 0.1) is 5.41 Å². The number of guanidine groups is 1. The summed E-state index contributed by atoms with van der Waals surface area (Å²) in [5.74, 6) is 1.12. The van der Waals surface area contributed by atoms with Crippen LogP contribution in [-0.2, 0) is 0 Å². The molecule has 140 valence electrons. The Kier molecular flexibility index (Phi) is 7.82. The van der Waals surface area contributed by atoms with Gasteiger partial charge in [0.15, 0.2) is 5.96 Å². The first-order chi connectivity index (χ1) is 11.5. The van der Waals surface area contributed by atoms with E-state index in [1.807, 2.05) is 0 Å². The van der Waals surface area contributed by atoms with Gasteiger partial charge in [-0.05, 0) is 44.7 Å². The third kappa shape index (κ3) is 6.25. The highest BCUT2D eigenvalue weighted by atomic mass is 15.3. The SMILES string of the molecule is CCNC(=NCCCCN1CCN(CC)CC1)N1CCC(C)(C)C1. The second-order valence-corrected chi connectivity index (χ2v) is 8.05. The van der Waals surface area contributed by atoms with Crippen molar-refractivity contribution in [2.75, 3.05) is 65.4 Å². The molecule has 0 amide bonds. The number of likely N-dealkylation sites (N-methyl/N-ethyl adjacent to an activating group) is 1. The third-order valence-electron chi connectivity index (χ3n) is 5.37. The van der Waals surface area contributed by atoms with Gasteiger partial charge in [0.25, 0.3) is 0 Å². The Hall–Kier alpha value is -0.810. The van der Waals surface area contributed by atoms with Gasteiger partial charge in [-0.1, -0.05) is 20.8 Å². The molecule has 2 fully saturated rings. The number of aliphatic imine (C=N–C) groups is 1. The second kappa shape index (κ2) is 9.62. The summed E-state index contributed by atoms with van der Waals surface area (Å²) < 4.78 is 0. The number of unbranched alkanes of at least 4 members (excludes halogenated alkanes) is 1. The molecule has 24 heavy (non-hydrogen) atoms. The molecule has 1 N–H and O–H groups in total. The van der Waals surface area contributed by atoms with Crippen LogP contribution in [0.4, 0.5) is 0 Å². The van der Waals surface area contributed by atoms with Crippen LogP contribution in [0.2, 0.25) is 0 Å². The molecule has 2 aliphatic rings. The van der Waals surface area contributed by atoms with Gasteiger partial charge in [0.1, 0.15) is 0 Å². The Bertz CT molecular complexity index is 385. The van der Waals surface area contributed by atoms with E-state index in [4.69, 9.17) is 4.99 Å². The van der Waals surface area contributed by atoms with E-state index in [1.165, 1.54) is 58.5 Å². The predicted molar refractivity (Wildman–Crippen MR) is 104 cm³/mol. The van der Waals surface area contributed by atoms with Crippen LogP contribution in [0.3, 0.4) is 0 Å². The fourth-order valence-corrected chi connectivity index (χ4v) is 3.68. The standard InChI is InChI=1S/C19H39N5/c1-5-20-18(24-12-9-19(3,4)17-24)21-10-7-8-11-23-15-13-22(6-2)14-16-23/h5-17H2,1-4H3,(H,20,21). The molecule has 0 aromatic heterocycles. The fraction of sp³-hybridized carbons (Fsp3) is 0.947. The summed E-state index contributed by atoms with van der Waals surface area (Å²) in [5, 5.41) is 3.47. The Morgan fingerprint density at radius 3 is 2.29 bits per heavy atom. The highest BCUT2D eigenvalue weighted by molar-refractivity contribution is 5.80. The van der Waals surface area contributed by atoms with E-state index in [1.54, 1.807) is 0 Å². The van der Waals surface area contributed by atoms with Crippen LogP contribution in [0.25, 0.3) is 0 Å². The molecular formula is C19H39N5. The van der Waals surface area contributed by atoms with Gasteiger partial charge in [0.05, 0.1) is 0 Å². The fourth-order valence-electron chi connectivity index (χ4n) is 3.68. The predicted octanol–water partition coefficient (Wildman–Crippen LogP) is 2.10. The zero-order chi connectivity index (χ0) is 17.4. The van der Waals surface area contributed by atoms with Crippen LogP contribution < -0.4 is 5.32 Å². The maximum atomic E-state index is 4.87. The van der Waals surface area contributed by atoms with E-state index in [-0.39, 0.29) is 0 Å². The minimum atomic E-state index is 0.427. The topological polar surface area (TPSA) is 34.1 Å². The van der Waals surface area contributed by atoms with Crippen molar-refractivity contribution in [3.8, 4) is 0 Å². The zero-order valence-corrected chi connectivity index (χ0v) is 16.5. The molecule has 0 atom stereocenters. The summed E-state index contributed by atoms with van der Waals surface area (Å²) >= 11 is 0. The lowest BCUT2D eigenvalue weighted by Crippen LogP contribution is -2.46. The first-order valence-electron chi connectivity index (χ1n) is 10.0. The van der Waals surface area contributed by atoms with Crippen LogP contribution >= 0.6 is 0 Å². The number of likely N-dealkylation sites (tertiary alicyclic amines) is 1. The van der Waals surface area contributed by atoms with Crippen molar-refractivity contribution in [1.29, 1.82) is 0 Å². The molecule has 5 nitrogen and oxygen atoms in total. The van der Waals surface area contributed by atoms with E-state index in [0.717, 1.165) is 32.1 Å². The number of piperazine rings is 1. The largest absolute Gasteiger partial charge is 0.357 e. The van der Waals surface area contributed by atoms with Gasteiger partial charge in [0.2, 0.25) is 0 Å². The first-order valence-corrected chi connectivity index (χ1v) is 10.0. The summed E-state index contributed by atoms with van der Waals surface area (Å²) in [6.07, 6.45) is 3.72. The van der Waals surface area contributed by atoms with Crippen molar-refractivity contribution in [2.45, 2.75) is 47.0 Å². The minimum Gasteiger partial charge on any atom is -0.357 e. The molecule has 0 saturated carbocycles. The highest BCUT2D eigenvalue weighted by Gasteiger charge is 2.30. The number of hydrogen-bond donors (Lipinski definition) is 1. The van der Waals surface area contributed by atoms with Crippen LogP contribution in [-0.4, -0.2) is 86.1 Å². The van der Waals surface area contributed by atoms with E-state index >= 15 is 0 Å². The highest BCUT2D eigenvalue weighted by Crippen LogP contribution is 2.28. The minimum absolute atomic E-state index is 0.427. The molecule has 0 spiro atoms. The van der Waals surface area contributed by atoms with Crippen molar-refractivity contribution < 1.29 is 0 Å². The summed E-state index contributed by atoms with van der Waals surface area (Å²) in [7, 11) is 0. The molecule has 0 radical (unpaired) electrons. The lowest BCUT2D eigenvalue weighted by Gasteiger charge is -2.33. The van der Waals surface area contributed by atoms with Gasteiger partial charge >= 0.3 is 0 Å². The molecule has 0 aromatic rings. The molecule has 0 aliphatic carbocycles. The molecule has 0 aromatic carbocycles. The summed E-state index contributed by atoms with van der Waals surface area (Å²) in [6.45, 7) is 20.7. The average Bonchev–Trinajstić information content (AvgIpc) is 2.94. The lowest BCUT2D eigenvalue weighted by molar-refractivity contribution is 0.136. The first kappa shape index (κ1) is 19.5. The summed E-state index contributed by atoms with van der Waals surface area (Å²) in [4.78, 5) is 12.5. The maximum absolute atomic E-state index is 4.87. The number of nitrogens with one attached hydrogen (secondary N) is 1. The monoisotopic (exact) mass is 337 g/mol. The Morgan fingerprint density at radius 1 is 1.00 bits per heavy atom. The Balaban J connectivity index is 1.65. The second-order valence-electron chi connectivity index (χ2n) is 8.05. The maximum Gasteiger partial charge on any atom is 0.193 e. The molecule has 2 heterocycles. The zero-order valence-electron chi connectivity index (χ0n) is 16.5. The molecule has 2 aliphatic heterocycles. The third-order valence-corrected chi connectivity index (χ3v) is 5.37. The average molecular weight is 338 g/mol. The quantitative estimate of drug-likeness (QED) is 0.438. The lowest BCUT2D eigenvalue weighted by atomic mass is 9.93. The molecule has 0 unspecified atom stereocenters. The Labute approximate surface area is 149 Å². The van der Waals surface area contributed by atoms with E-state index in [0.29, 0.717) is 5.41 Å². The van der Waals surface area contributed by atoms with Crippen LogP contribution in [0.15, 0.2) is 4.99 Å². The molecule has 2 rings (SSSR count). The van der Waals surface area contributed by atoms with E-state index < -0.39 is 0 Å². The number of hydrogen-bond acceptors (Lipinski definition) is 3. The van der Waals surface area contributed by atoms with Gasteiger partial charge in [-0.2, -0.15) is 0 Å². The van der Waals surface area contributed by atoms with Gasteiger partial charge in [-0.25, -0.2) is 0 Å². The molecular weight excluding hydrogens is 298 g/mol. The Morgan fingerprint density at radius 2 is 1.71 bits per heavy atom. The number of rotatable bonds is 7. The van der Waals surface area contributed by atoms with Gasteiger partial charge in [0, 0.05) is 52.4 Å². The van der Waals surface area contributed by atoms with Gasteiger partial charge in [-0.15, -0.1) is 0 Å². The van der Waals surface area contributed by atoms with Crippen molar-refractivity contribution in [3.05, 3.63) is 0 Å². The van der Waals surface area contributed by atoms with Crippen molar-refractivity contribution >= 4 is 5.96 Å². The van der Waals surface area contributed by atoms with Crippen molar-refractivity contribution in [3.63, 3.8) is 0 Å². The summed E-state index contributed by atoms with van der Waals surface area (Å²) in [5.41, 5.74) is 0.427. The smallest absolute Gasteiger partial charge is 0.193 e. The normalized spacial score (nSPS) is 23.0. The number of nitrogens with zero attached hydrogens (tertiary/aromatic N) is 4. The van der Waals surface area contributed by atoms with Gasteiger partial charge in [-0.3, -0.25) is 4.99 Å². The molecule has 5 heteroatoms. The molecule has 0 bridgehead atoms. The van der Waals surface area contributed by atoms with Crippen LogP contribution in [0.1, 0.15) is 47.0 Å². The van der Waals surface area contributed by atoms with Crippen LogP contribution in [0.5, 0.6) is 0 Å². The van der Waals surface area contributed by atoms with Crippen molar-refractivity contribution in [1.82, 2.24) is 20.0 Å².